The Bertz CT molecular complexity index is 1470. The van der Waals surface area contributed by atoms with Gasteiger partial charge in [0.1, 0.15) is 11.0 Å². The van der Waals surface area contributed by atoms with Gasteiger partial charge in [-0.25, -0.2) is 0 Å². The normalized spacial score (nSPS) is 19.3. The molecule has 2 radical (unpaired) electrons. The highest BCUT2D eigenvalue weighted by Crippen LogP contribution is 2.62. The molecule has 0 amide bonds. The van der Waals surface area contributed by atoms with Gasteiger partial charge in [0, 0.05) is 31.9 Å². The zero-order valence-corrected chi connectivity index (χ0v) is 30.8. The maximum absolute atomic E-state index is 6.75. The zero-order valence-electron chi connectivity index (χ0n) is 28.3. The molecule has 3 aromatic heterocycles. The minimum absolute atomic E-state index is 0.136. The average molecular weight is 658 g/mol. The number of fused-ring (bicyclic) bond motifs is 4. The monoisotopic (exact) mass is 657 g/mol. The molecule has 4 aromatic rings. The molecule has 0 aliphatic heterocycles. The van der Waals surface area contributed by atoms with Crippen molar-refractivity contribution in [2.75, 3.05) is 6.04 Å². The topological polar surface area (TPSA) is 25.8 Å². The number of aromatic nitrogens is 2. The lowest BCUT2D eigenvalue weighted by Gasteiger charge is -2.37. The van der Waals surface area contributed by atoms with Crippen molar-refractivity contribution < 1.29 is 1.37 Å². The second-order valence-corrected chi connectivity index (χ2v) is 16.3. The van der Waals surface area contributed by atoms with Crippen LogP contribution in [0.4, 0.5) is 0 Å². The Labute approximate surface area is 275 Å². The van der Waals surface area contributed by atoms with Crippen molar-refractivity contribution in [3.63, 3.8) is 0 Å². The van der Waals surface area contributed by atoms with E-state index in [1.165, 1.54) is 96.8 Å². The summed E-state index contributed by atoms with van der Waals surface area (Å²) in [6.07, 6.45) is 13.1. The van der Waals surface area contributed by atoms with Crippen LogP contribution in [0.2, 0.25) is 0 Å². The molecule has 5 rings (SSSR count). The Morgan fingerprint density at radius 2 is 1.52 bits per heavy atom. The number of hydrogen-bond donors (Lipinski definition) is 0. The number of benzene rings is 1. The Morgan fingerprint density at radius 3 is 2.10 bits per heavy atom. The van der Waals surface area contributed by atoms with Crippen LogP contribution in [-0.2, 0) is 5.41 Å². The van der Waals surface area contributed by atoms with Gasteiger partial charge in [0.15, 0.2) is 0 Å². The fourth-order valence-electron chi connectivity index (χ4n) is 6.82. The van der Waals surface area contributed by atoms with Crippen LogP contribution in [0.25, 0.3) is 31.2 Å². The Morgan fingerprint density at radius 1 is 0.952 bits per heavy atom. The van der Waals surface area contributed by atoms with E-state index in [0.717, 1.165) is 22.9 Å². The maximum Gasteiger partial charge on any atom is 0.113 e. The zero-order chi connectivity index (χ0) is 32.0. The van der Waals surface area contributed by atoms with Gasteiger partial charge in [-0.3, -0.25) is 0 Å². The molecule has 0 spiro atoms. The van der Waals surface area contributed by atoms with E-state index in [-0.39, 0.29) is 5.41 Å². The summed E-state index contributed by atoms with van der Waals surface area (Å²) in [5.41, 5.74) is 8.04. The van der Waals surface area contributed by atoms with Crippen LogP contribution in [-0.4, -0.2) is 23.9 Å². The molecule has 5 unspecified atom stereocenters. The van der Waals surface area contributed by atoms with Crippen LogP contribution in [0.1, 0.15) is 115 Å². The Hall–Kier alpha value is -0.635. The average Bonchev–Trinajstić information content (AvgIpc) is 3.78. The number of thiophene rings is 2. The van der Waals surface area contributed by atoms with E-state index in [9.17, 15) is 0 Å². The highest BCUT2D eigenvalue weighted by molar-refractivity contribution is 8.03. The van der Waals surface area contributed by atoms with Gasteiger partial charge < -0.3 is 0 Å². The SMILES string of the molecule is CCCCC(CC)CC1(CC(CC)CCCC)c2cc(C)sc2-c2sc(-c3ccc(C)c4nsnc34)cc21.[2H]P(P)C([3H])[B]. The van der Waals surface area contributed by atoms with Crippen LogP contribution in [0, 0.1) is 25.7 Å². The van der Waals surface area contributed by atoms with Gasteiger partial charge in [0.25, 0.3) is 0 Å². The molecule has 5 atom stereocenters. The minimum Gasteiger partial charge on any atom is -0.173 e. The Kier molecular flexibility index (Phi) is 12.0. The standard InChI is InChI=1S/C33H44N2S3.CH5BP2/c1-7-11-13-23(9-3)19-33(20-24(10-4)14-12-8-2)26-17-22(6)36-31(26)32-27(33)18-28(37-32)25-16-15-21(5)29-30(25)35-38-34-29;2-1-4-3/h15-18,23-24H,7-14,19-20H2,1-6H3;4H,1,3H2/i;1T,4D. The fourth-order valence-corrected chi connectivity index (χ4v) is 9.99. The second-order valence-electron chi connectivity index (χ2n) is 12.0. The lowest BCUT2D eigenvalue weighted by molar-refractivity contribution is 0.266. The van der Waals surface area contributed by atoms with E-state index in [4.69, 9.17) is 14.9 Å². The van der Waals surface area contributed by atoms with Crippen molar-refractivity contribution in [2.45, 2.75) is 111 Å². The number of hydrogen-bond acceptors (Lipinski definition) is 5. The van der Waals surface area contributed by atoms with E-state index in [2.05, 4.69) is 79.1 Å². The lowest BCUT2D eigenvalue weighted by atomic mass is 9.65. The predicted octanol–water partition coefficient (Wildman–Crippen LogP) is 12.2. The first-order valence-corrected chi connectivity index (χ1v) is 20.7. The fraction of sp³-hybridized carbons (Fsp3) is 0.588. The van der Waals surface area contributed by atoms with Crippen LogP contribution in [0.15, 0.2) is 24.3 Å². The molecule has 226 valence electrons. The molecule has 1 aromatic carbocycles. The molecular weight excluding hydrogens is 605 g/mol. The molecular formula is C34H49BN2P2S3. The smallest absolute Gasteiger partial charge is 0.113 e. The van der Waals surface area contributed by atoms with Crippen molar-refractivity contribution in [3.8, 4) is 20.2 Å². The van der Waals surface area contributed by atoms with Crippen LogP contribution in [0.3, 0.4) is 0 Å². The summed E-state index contributed by atoms with van der Waals surface area (Å²) in [6.45, 7) is 14.0. The molecule has 3 heterocycles. The van der Waals surface area contributed by atoms with Gasteiger partial charge in [-0.2, -0.15) is 8.75 Å². The van der Waals surface area contributed by atoms with Crippen molar-refractivity contribution in [1.82, 2.24) is 8.75 Å². The first-order chi connectivity index (χ1) is 21.1. The van der Waals surface area contributed by atoms with Crippen LogP contribution >= 0.6 is 51.5 Å². The summed E-state index contributed by atoms with van der Waals surface area (Å²) < 4.78 is 22.8. The summed E-state index contributed by atoms with van der Waals surface area (Å²) in [7, 11) is 6.07. The minimum atomic E-state index is -1.05. The Balaban J connectivity index is 0.000000670. The molecule has 0 saturated carbocycles. The molecule has 1 aliphatic carbocycles. The number of rotatable bonds is 14. The summed E-state index contributed by atoms with van der Waals surface area (Å²) in [4.78, 5) is 5.94. The van der Waals surface area contributed by atoms with E-state index >= 15 is 0 Å². The first-order valence-electron chi connectivity index (χ1n) is 16.8. The molecule has 0 bridgehead atoms. The van der Waals surface area contributed by atoms with Gasteiger partial charge in [-0.05, 0) is 67.3 Å². The van der Waals surface area contributed by atoms with E-state index in [1.54, 1.807) is 20.9 Å². The highest BCUT2D eigenvalue weighted by atomic mass is 32.1. The van der Waals surface area contributed by atoms with Gasteiger partial charge in [-0.15, -0.1) is 39.8 Å². The number of aryl methyl sites for hydroxylation is 2. The third-order valence-corrected chi connectivity index (χ3v) is 12.8. The summed E-state index contributed by atoms with van der Waals surface area (Å²) in [5.74, 6) is 1.55. The predicted molar refractivity (Wildman–Crippen MR) is 199 cm³/mol. The summed E-state index contributed by atoms with van der Waals surface area (Å²) >= 11 is 5.38. The number of unbranched alkanes of at least 4 members (excludes halogenated alkanes) is 2. The lowest BCUT2D eigenvalue weighted by Crippen LogP contribution is -2.31. The van der Waals surface area contributed by atoms with Crippen molar-refractivity contribution in [3.05, 3.63) is 45.8 Å². The quantitative estimate of drug-likeness (QED) is 0.0996. The largest absolute Gasteiger partial charge is 0.173 e. The molecule has 1 aliphatic rings. The first kappa shape index (κ1) is 31.4. The van der Waals surface area contributed by atoms with E-state index in [1.807, 2.05) is 22.7 Å². The van der Waals surface area contributed by atoms with Crippen LogP contribution in [0.5, 0.6) is 0 Å². The molecule has 0 fully saturated rings. The second kappa shape index (κ2) is 16.1. The van der Waals surface area contributed by atoms with E-state index in [0.29, 0.717) is 0 Å². The molecule has 8 heteroatoms. The molecule has 2 nitrogen and oxygen atoms in total. The van der Waals surface area contributed by atoms with Gasteiger partial charge >= 0.3 is 0 Å². The van der Waals surface area contributed by atoms with Crippen LogP contribution < -0.4 is 0 Å². The maximum atomic E-state index is 6.75. The highest BCUT2D eigenvalue weighted by Gasteiger charge is 2.47. The van der Waals surface area contributed by atoms with E-state index < -0.39 is 14.3 Å². The molecule has 0 N–H and O–H groups in total. The number of nitrogens with zero attached hydrogens (tertiary/aromatic N) is 2. The van der Waals surface area contributed by atoms with Crippen molar-refractivity contribution >= 4 is 70.4 Å². The summed E-state index contributed by atoms with van der Waals surface area (Å²) in [6, 6.07) is 8.97. The van der Waals surface area contributed by atoms with Gasteiger partial charge in [-0.1, -0.05) is 97.2 Å². The molecule has 42 heavy (non-hydrogen) atoms. The third kappa shape index (κ3) is 7.26. The van der Waals surface area contributed by atoms with Gasteiger partial charge in [0.2, 0.25) is 0 Å². The molecule has 0 saturated heterocycles. The third-order valence-electron chi connectivity index (χ3n) is 9.15. The van der Waals surface area contributed by atoms with Crippen molar-refractivity contribution in [2.24, 2.45) is 11.8 Å². The van der Waals surface area contributed by atoms with Gasteiger partial charge in [0.05, 0.1) is 20.9 Å². The summed E-state index contributed by atoms with van der Waals surface area (Å²) in [5, 5.41) is 0. The van der Waals surface area contributed by atoms with Crippen molar-refractivity contribution in [1.29, 1.82) is 1.28 Å².